The average molecular weight is 676 g/mol. The third-order valence-corrected chi connectivity index (χ3v) is 6.37. The first-order valence-electron chi connectivity index (χ1n) is 10.3. The maximum Gasteiger partial charge on any atom is 0.490 e. The number of halogens is 4. The van der Waals surface area contributed by atoms with E-state index in [0.717, 1.165) is 3.57 Å². The number of anilines is 1. The van der Waals surface area contributed by atoms with Crippen molar-refractivity contribution in [3.05, 3.63) is 61.1 Å². The molecule has 0 unspecified atom stereocenters. The molecule has 1 aromatic heterocycles. The molecule has 0 atom stereocenters. The predicted molar refractivity (Wildman–Crippen MR) is 139 cm³/mol. The summed E-state index contributed by atoms with van der Waals surface area (Å²) in [4.78, 5) is 40.9. The van der Waals surface area contributed by atoms with Crippen molar-refractivity contribution in [3.8, 4) is 0 Å². The van der Waals surface area contributed by atoms with Crippen molar-refractivity contribution in [1.82, 2.24) is 15.8 Å². The molecule has 0 aliphatic carbocycles. The fraction of sp³-hybridized carbons (Fsp3) is 0.300. The number of rotatable bonds is 10. The number of guanidine groups is 1. The fourth-order valence-corrected chi connectivity index (χ4v) is 4.73. The topological polar surface area (TPSA) is 217 Å². The van der Waals surface area contributed by atoms with Gasteiger partial charge in [-0.05, 0) is 52.8 Å². The van der Waals surface area contributed by atoms with E-state index in [0.29, 0.717) is 11.3 Å². The number of aryl methyl sites for hydroxylation is 1. The molecule has 0 aliphatic rings. The molecular weight excluding hydrogens is 652 g/mol. The maximum absolute atomic E-state index is 12.7. The molecule has 0 saturated carbocycles. The summed E-state index contributed by atoms with van der Waals surface area (Å²) in [6, 6.07) is 8.55. The van der Waals surface area contributed by atoms with Crippen LogP contribution in [0.25, 0.3) is 0 Å². The molecule has 18 heteroatoms. The first kappa shape index (κ1) is 32.6. The number of alkyl halides is 3. The number of carbonyl (C=O) groups excluding carboxylic acids is 1. The number of pyridine rings is 1. The van der Waals surface area contributed by atoms with Gasteiger partial charge in [0.15, 0.2) is 0 Å². The van der Waals surface area contributed by atoms with Crippen molar-refractivity contribution in [2.45, 2.75) is 25.3 Å². The predicted octanol–water partition coefficient (Wildman–Crippen LogP) is 0.936. The minimum Gasteiger partial charge on any atom is -0.475 e. The number of benzene rings is 1. The molecule has 1 heterocycles. The molecular formula is C20H24F3IN6O7S. The van der Waals surface area contributed by atoms with Gasteiger partial charge in [0.2, 0.25) is 21.9 Å². The Labute approximate surface area is 228 Å². The number of carboxylic acids is 1. The Hall–Kier alpha value is -3.39. The van der Waals surface area contributed by atoms with Gasteiger partial charge >= 0.3 is 12.1 Å². The van der Waals surface area contributed by atoms with Crippen LogP contribution in [0.15, 0.2) is 35.1 Å². The Morgan fingerprint density at radius 3 is 2.39 bits per heavy atom. The van der Waals surface area contributed by atoms with Gasteiger partial charge in [0.1, 0.15) is 5.69 Å². The van der Waals surface area contributed by atoms with E-state index in [1.54, 1.807) is 37.3 Å². The van der Waals surface area contributed by atoms with Gasteiger partial charge in [-0.15, -0.1) is 0 Å². The molecule has 0 fully saturated rings. The first-order valence-corrected chi connectivity index (χ1v) is 13.0. The lowest BCUT2D eigenvalue weighted by atomic mass is 10.1. The number of aliphatic carboxylic acids is 1. The highest BCUT2D eigenvalue weighted by Gasteiger charge is 2.38. The number of carboxylic acid groups (broad SMARTS) is 1. The summed E-state index contributed by atoms with van der Waals surface area (Å²) in [6.45, 7) is 1.80. The number of aromatic amines is 1. The number of hydrogen-bond donors (Lipinski definition) is 7. The number of amides is 1. The molecule has 38 heavy (non-hydrogen) atoms. The van der Waals surface area contributed by atoms with Gasteiger partial charge in [-0.25, -0.2) is 18.7 Å². The van der Waals surface area contributed by atoms with Crippen LogP contribution in [-0.4, -0.2) is 55.7 Å². The lowest BCUT2D eigenvalue weighted by Gasteiger charge is -2.13. The standard InChI is InChI=1S/C18H23IN6O5S.C2HF3O2/c1-11-8-13(9-15(26)22-6-7-30-24-18(20)21)16(17(27)23-11)25-31(28,29)10-12-4-2-3-5-14(12)19;3-2(4,5)1(6)7/h2-5,8,25H,6-7,9-10H2,1H3,(H,22,26)(H,23,27)(H4,20,21,24);(H,6,7). The van der Waals surface area contributed by atoms with Gasteiger partial charge < -0.3 is 21.1 Å². The van der Waals surface area contributed by atoms with Crippen molar-refractivity contribution in [3.63, 3.8) is 0 Å². The quantitative estimate of drug-likeness (QED) is 0.0626. The normalized spacial score (nSPS) is 11.1. The van der Waals surface area contributed by atoms with Crippen LogP contribution in [0, 0.1) is 15.9 Å². The monoisotopic (exact) mass is 676 g/mol. The molecule has 0 bridgehead atoms. The van der Waals surface area contributed by atoms with Crippen molar-refractivity contribution < 1.29 is 41.1 Å². The Kier molecular flexibility index (Phi) is 12.5. The zero-order valence-corrected chi connectivity index (χ0v) is 22.6. The zero-order chi connectivity index (χ0) is 29.1. The van der Waals surface area contributed by atoms with Crippen LogP contribution < -0.4 is 26.8 Å². The van der Waals surface area contributed by atoms with Crippen LogP contribution >= 0.6 is 22.6 Å². The van der Waals surface area contributed by atoms with E-state index in [2.05, 4.69) is 20.5 Å². The molecule has 1 amide bonds. The second-order valence-corrected chi connectivity index (χ2v) is 10.2. The van der Waals surface area contributed by atoms with Crippen LogP contribution in [0.5, 0.6) is 0 Å². The van der Waals surface area contributed by atoms with Crippen LogP contribution in [0.2, 0.25) is 0 Å². The number of hydrogen-bond acceptors (Lipinski definition) is 7. The summed E-state index contributed by atoms with van der Waals surface area (Å²) in [7, 11) is -3.90. The van der Waals surface area contributed by atoms with E-state index in [1.807, 2.05) is 22.6 Å². The fourth-order valence-electron chi connectivity index (χ4n) is 2.63. The van der Waals surface area contributed by atoms with Crippen molar-refractivity contribution in [2.24, 2.45) is 5.73 Å². The summed E-state index contributed by atoms with van der Waals surface area (Å²) in [5.74, 6) is -3.87. The molecule has 0 saturated heterocycles. The van der Waals surface area contributed by atoms with Gasteiger partial charge in [-0.2, -0.15) is 13.2 Å². The highest BCUT2D eigenvalue weighted by molar-refractivity contribution is 14.1. The number of sulfonamides is 1. The van der Waals surface area contributed by atoms with Crippen molar-refractivity contribution >= 4 is 56.1 Å². The van der Waals surface area contributed by atoms with Gasteiger partial charge in [-0.3, -0.25) is 24.6 Å². The van der Waals surface area contributed by atoms with E-state index < -0.39 is 33.6 Å². The zero-order valence-electron chi connectivity index (χ0n) is 19.6. The number of carbonyl (C=O) groups is 2. The SMILES string of the molecule is Cc1cc(CC(=O)NCCONC(=N)N)c(NS(=O)(=O)Cc2ccccc2I)c(=O)[nH]1.O=C(O)C(F)(F)F. The largest absolute Gasteiger partial charge is 0.490 e. The lowest BCUT2D eigenvalue weighted by Crippen LogP contribution is -2.35. The molecule has 8 N–H and O–H groups in total. The number of H-pyrrole nitrogens is 1. The van der Waals surface area contributed by atoms with Crippen LogP contribution in [0.1, 0.15) is 16.8 Å². The van der Waals surface area contributed by atoms with E-state index >= 15 is 0 Å². The number of hydroxylamine groups is 1. The number of aromatic nitrogens is 1. The molecule has 210 valence electrons. The molecule has 13 nitrogen and oxygen atoms in total. The minimum absolute atomic E-state index is 0.0505. The summed E-state index contributed by atoms with van der Waals surface area (Å²) in [5.41, 5.74) is 7.69. The van der Waals surface area contributed by atoms with Crippen LogP contribution in [0.3, 0.4) is 0 Å². The minimum atomic E-state index is -5.08. The third-order valence-electron chi connectivity index (χ3n) is 4.11. The van der Waals surface area contributed by atoms with E-state index in [4.69, 9.17) is 25.9 Å². The Morgan fingerprint density at radius 2 is 1.84 bits per heavy atom. The summed E-state index contributed by atoms with van der Waals surface area (Å²) in [5, 5.41) is 16.6. The molecule has 2 rings (SSSR count). The molecule has 1 aromatic carbocycles. The van der Waals surface area contributed by atoms with Crippen molar-refractivity contribution in [1.29, 1.82) is 5.41 Å². The van der Waals surface area contributed by atoms with Gasteiger partial charge in [0.05, 0.1) is 18.8 Å². The average Bonchev–Trinajstić information content (AvgIpc) is 2.77. The summed E-state index contributed by atoms with van der Waals surface area (Å²) in [6.07, 6.45) is -5.30. The smallest absolute Gasteiger partial charge is 0.475 e. The molecule has 2 aromatic rings. The third kappa shape index (κ3) is 12.2. The first-order chi connectivity index (χ1) is 17.5. The highest BCUT2D eigenvalue weighted by Crippen LogP contribution is 2.18. The molecule has 0 aliphatic heterocycles. The summed E-state index contributed by atoms with van der Waals surface area (Å²) < 4.78 is 60.2. The number of nitrogens with one attached hydrogen (secondary N) is 5. The lowest BCUT2D eigenvalue weighted by molar-refractivity contribution is -0.192. The van der Waals surface area contributed by atoms with Gasteiger partial charge in [-0.1, -0.05) is 18.2 Å². The second kappa shape index (κ2) is 14.5. The van der Waals surface area contributed by atoms with Crippen LogP contribution in [-0.2, 0) is 36.6 Å². The van der Waals surface area contributed by atoms with E-state index in [-0.39, 0.29) is 42.5 Å². The van der Waals surface area contributed by atoms with E-state index in [9.17, 15) is 31.2 Å². The molecule has 0 radical (unpaired) electrons. The Morgan fingerprint density at radius 1 is 1.24 bits per heavy atom. The Bertz CT molecular complexity index is 1320. The Balaban J connectivity index is 0.000000905. The summed E-state index contributed by atoms with van der Waals surface area (Å²) >= 11 is 2.04. The van der Waals surface area contributed by atoms with Crippen LogP contribution in [0.4, 0.5) is 18.9 Å². The maximum atomic E-state index is 12.7. The van der Waals surface area contributed by atoms with E-state index in [1.165, 1.54) is 0 Å². The number of nitrogens with two attached hydrogens (primary N) is 1. The van der Waals surface area contributed by atoms with Gasteiger partial charge in [0.25, 0.3) is 5.56 Å². The van der Waals surface area contributed by atoms with Gasteiger partial charge in [0, 0.05) is 15.8 Å². The molecule has 0 spiro atoms. The second-order valence-electron chi connectivity index (χ2n) is 7.33. The highest BCUT2D eigenvalue weighted by atomic mass is 127. The van der Waals surface area contributed by atoms with Crippen molar-refractivity contribution in [2.75, 3.05) is 17.9 Å².